The number of nitrogens with two attached hydrogens (primary N) is 2. The summed E-state index contributed by atoms with van der Waals surface area (Å²) in [4.78, 5) is 12.5. The van der Waals surface area contributed by atoms with Crippen LogP contribution in [0.1, 0.15) is 19.4 Å². The quantitative estimate of drug-likeness (QED) is 0.485. The van der Waals surface area contributed by atoms with E-state index in [0.29, 0.717) is 24.0 Å². The van der Waals surface area contributed by atoms with Crippen LogP contribution in [0.25, 0.3) is 22.3 Å². The summed E-state index contributed by atoms with van der Waals surface area (Å²) in [5.41, 5.74) is 15.1. The zero-order valence-electron chi connectivity index (χ0n) is 15.5. The zero-order valence-corrected chi connectivity index (χ0v) is 15.5. The molecule has 2 heterocycles. The average Bonchev–Trinajstić information content (AvgIpc) is 3.02. The van der Waals surface area contributed by atoms with Crippen LogP contribution >= 0.6 is 0 Å². The summed E-state index contributed by atoms with van der Waals surface area (Å²) in [6.07, 6.45) is 1.46. The monoisotopic (exact) mass is 352 g/mol. The molecule has 0 amide bonds. The number of aryl methyl sites for hydroxylation is 1. The van der Waals surface area contributed by atoms with Crippen LogP contribution in [0.15, 0.2) is 35.6 Å². The van der Waals surface area contributed by atoms with Crippen LogP contribution in [-0.2, 0) is 5.54 Å². The molecule has 0 bridgehead atoms. The predicted molar refractivity (Wildman–Crippen MR) is 105 cm³/mol. The van der Waals surface area contributed by atoms with Gasteiger partial charge in [-0.1, -0.05) is 29.8 Å². The maximum Gasteiger partial charge on any atom is 0.188 e. The molecule has 0 radical (unpaired) electrons. The minimum atomic E-state index is -0.419. The molecule has 8 nitrogen and oxygen atoms in total. The van der Waals surface area contributed by atoms with Gasteiger partial charge in [-0.15, -0.1) is 0 Å². The number of hydrogen-bond donors (Lipinski definition) is 3. The topological polar surface area (TPSA) is 120 Å². The Morgan fingerprint density at radius 2 is 1.92 bits per heavy atom. The third-order valence-electron chi connectivity index (χ3n) is 4.34. The van der Waals surface area contributed by atoms with Gasteiger partial charge in [0.15, 0.2) is 11.6 Å². The number of fused-ring (bicyclic) bond motifs is 1. The second-order valence-electron chi connectivity index (χ2n) is 6.86. The molecule has 0 fully saturated rings. The van der Waals surface area contributed by atoms with Crippen molar-refractivity contribution in [2.24, 2.45) is 10.7 Å². The summed E-state index contributed by atoms with van der Waals surface area (Å²) in [6.45, 7) is 6.68. The lowest BCUT2D eigenvalue weighted by Gasteiger charge is -2.26. The fourth-order valence-corrected chi connectivity index (χ4v) is 2.77. The number of aliphatic imine (C=N–C) groups is 1. The summed E-state index contributed by atoms with van der Waals surface area (Å²) in [5, 5.41) is 8.69. The number of nitrogen functional groups attached to an aromatic ring is 1. The smallest absolute Gasteiger partial charge is 0.188 e. The highest BCUT2D eigenvalue weighted by Crippen LogP contribution is 2.32. The first-order valence-corrected chi connectivity index (χ1v) is 8.36. The highest BCUT2D eigenvalue weighted by Gasteiger charge is 2.27. The number of anilines is 1. The normalized spacial score (nSPS) is 12.5. The summed E-state index contributed by atoms with van der Waals surface area (Å²) in [7, 11) is 1.64. The van der Waals surface area contributed by atoms with E-state index in [0.717, 1.165) is 16.6 Å². The lowest BCUT2D eigenvalue weighted by Crippen LogP contribution is -2.44. The highest BCUT2D eigenvalue weighted by molar-refractivity contribution is 5.98. The molecular weight excluding hydrogens is 328 g/mol. The van der Waals surface area contributed by atoms with Crippen molar-refractivity contribution in [3.05, 3.63) is 36.2 Å². The van der Waals surface area contributed by atoms with Gasteiger partial charge in [0.05, 0.1) is 10.9 Å². The Kier molecular flexibility index (Phi) is 4.50. The lowest BCUT2D eigenvalue weighted by atomic mass is 10.1. The number of benzene rings is 1. The fraction of sp³-hybridized carbons (Fsp3) is 0.333. The number of rotatable bonds is 4. The number of aromatic nitrogens is 4. The van der Waals surface area contributed by atoms with E-state index in [1.54, 1.807) is 7.05 Å². The molecule has 0 unspecified atom stereocenters. The van der Waals surface area contributed by atoms with E-state index < -0.39 is 5.54 Å². The Hall–Kier alpha value is -3.16. The van der Waals surface area contributed by atoms with Crippen LogP contribution in [-0.4, -0.2) is 39.3 Å². The Bertz CT molecular complexity index is 953. The Labute approximate surface area is 152 Å². The molecule has 0 spiro atoms. The van der Waals surface area contributed by atoms with Gasteiger partial charge in [-0.2, -0.15) is 5.10 Å². The summed E-state index contributed by atoms with van der Waals surface area (Å²) < 4.78 is 1.87. The Morgan fingerprint density at radius 3 is 2.58 bits per heavy atom. The molecule has 0 saturated heterocycles. The van der Waals surface area contributed by atoms with Crippen LogP contribution in [0.5, 0.6) is 0 Å². The minimum absolute atomic E-state index is 0.377. The first kappa shape index (κ1) is 17.7. The van der Waals surface area contributed by atoms with Crippen molar-refractivity contribution in [1.29, 1.82) is 0 Å². The van der Waals surface area contributed by atoms with E-state index >= 15 is 0 Å². The van der Waals surface area contributed by atoms with E-state index in [1.807, 2.05) is 49.7 Å². The van der Waals surface area contributed by atoms with Crippen LogP contribution < -0.4 is 16.8 Å². The molecule has 1 aromatic carbocycles. The van der Waals surface area contributed by atoms with Crippen molar-refractivity contribution < 1.29 is 0 Å². The zero-order chi connectivity index (χ0) is 18.9. The molecule has 3 aromatic rings. The van der Waals surface area contributed by atoms with Gasteiger partial charge in [-0.3, -0.25) is 4.99 Å². The van der Waals surface area contributed by atoms with Crippen molar-refractivity contribution in [2.75, 3.05) is 19.3 Å². The molecular formula is C18H24N8. The number of nitrogens with one attached hydrogen (secondary N) is 1. The van der Waals surface area contributed by atoms with Gasteiger partial charge in [0.1, 0.15) is 17.8 Å². The van der Waals surface area contributed by atoms with Crippen LogP contribution in [0.4, 0.5) is 5.82 Å². The molecule has 26 heavy (non-hydrogen) atoms. The average molecular weight is 352 g/mol. The number of nitrogens with zero attached hydrogens (tertiary/aromatic N) is 5. The van der Waals surface area contributed by atoms with Crippen molar-refractivity contribution in [1.82, 2.24) is 25.1 Å². The first-order valence-electron chi connectivity index (χ1n) is 8.36. The molecule has 0 atom stereocenters. The van der Waals surface area contributed by atoms with Gasteiger partial charge in [0.25, 0.3) is 0 Å². The number of hydrogen-bond acceptors (Lipinski definition) is 5. The Balaban J connectivity index is 2.15. The van der Waals surface area contributed by atoms with E-state index in [1.165, 1.54) is 11.9 Å². The third-order valence-corrected chi connectivity index (χ3v) is 4.34. The molecule has 0 aliphatic rings. The fourth-order valence-electron chi connectivity index (χ4n) is 2.77. The van der Waals surface area contributed by atoms with Gasteiger partial charge in [0, 0.05) is 19.2 Å². The van der Waals surface area contributed by atoms with Crippen molar-refractivity contribution in [3.8, 4) is 11.3 Å². The van der Waals surface area contributed by atoms with Gasteiger partial charge in [-0.25, -0.2) is 14.6 Å². The minimum Gasteiger partial charge on any atom is -0.383 e. The van der Waals surface area contributed by atoms with Gasteiger partial charge in [-0.05, 0) is 20.8 Å². The molecule has 0 aliphatic carbocycles. The van der Waals surface area contributed by atoms with Crippen molar-refractivity contribution >= 4 is 22.8 Å². The summed E-state index contributed by atoms with van der Waals surface area (Å²) in [6, 6.07) is 8.15. The maximum absolute atomic E-state index is 6.17. The van der Waals surface area contributed by atoms with E-state index in [4.69, 9.17) is 16.6 Å². The lowest BCUT2D eigenvalue weighted by molar-refractivity contribution is 0.327. The highest BCUT2D eigenvalue weighted by atomic mass is 15.4. The van der Waals surface area contributed by atoms with Gasteiger partial charge >= 0.3 is 0 Å². The third kappa shape index (κ3) is 3.17. The SMILES string of the molecule is CN=C(N)NCC(C)(C)n1nc(-c2ccc(C)cc2)c2c(N)ncnc21. The van der Waals surface area contributed by atoms with E-state index in [2.05, 4.69) is 20.3 Å². The molecule has 8 heteroatoms. The molecule has 5 N–H and O–H groups in total. The Morgan fingerprint density at radius 1 is 1.23 bits per heavy atom. The standard InChI is InChI=1S/C18H24N8/c1-11-5-7-12(8-6-11)14-13-15(19)23-10-24-16(13)26(25-14)18(2,3)9-22-17(20)21-4/h5-8,10H,9H2,1-4H3,(H2,19,23,24)(H3,20,21,22). The molecule has 3 rings (SSSR count). The van der Waals surface area contributed by atoms with Gasteiger partial charge in [0.2, 0.25) is 0 Å². The predicted octanol–water partition coefficient (Wildman–Crippen LogP) is 1.65. The van der Waals surface area contributed by atoms with Crippen LogP contribution in [0.3, 0.4) is 0 Å². The molecule has 0 aliphatic heterocycles. The molecule has 2 aromatic heterocycles. The molecule has 0 saturated carbocycles. The maximum atomic E-state index is 6.17. The summed E-state index contributed by atoms with van der Waals surface area (Å²) >= 11 is 0. The van der Waals surface area contributed by atoms with Crippen molar-refractivity contribution in [2.45, 2.75) is 26.3 Å². The van der Waals surface area contributed by atoms with E-state index in [9.17, 15) is 0 Å². The first-order chi connectivity index (χ1) is 12.3. The summed E-state index contributed by atoms with van der Waals surface area (Å²) in [5.74, 6) is 0.789. The van der Waals surface area contributed by atoms with Crippen molar-refractivity contribution in [3.63, 3.8) is 0 Å². The molecule has 136 valence electrons. The second-order valence-corrected chi connectivity index (χ2v) is 6.86. The number of guanidine groups is 1. The van der Waals surface area contributed by atoms with Crippen LogP contribution in [0.2, 0.25) is 0 Å². The van der Waals surface area contributed by atoms with Crippen LogP contribution in [0, 0.1) is 6.92 Å². The largest absolute Gasteiger partial charge is 0.383 e. The second kappa shape index (κ2) is 6.62. The van der Waals surface area contributed by atoms with Gasteiger partial charge < -0.3 is 16.8 Å². The van der Waals surface area contributed by atoms with E-state index in [-0.39, 0.29) is 0 Å².